The number of nitrogens with one attached hydrogen (secondary N) is 1. The molecule has 4 N–H and O–H groups in total. The van der Waals surface area contributed by atoms with Crippen LogP contribution in [0.5, 0.6) is 5.75 Å². The highest BCUT2D eigenvalue weighted by molar-refractivity contribution is 6.35. The number of aliphatic carboxylic acids is 1. The number of carboxylic acids is 1. The first-order chi connectivity index (χ1) is 16.7. The number of nitrogen functional groups attached to an aromatic ring is 1. The molecule has 9 nitrogen and oxygen atoms in total. The van der Waals surface area contributed by atoms with E-state index in [1.165, 1.54) is 4.90 Å². The van der Waals surface area contributed by atoms with Gasteiger partial charge in [0.05, 0.1) is 6.61 Å². The van der Waals surface area contributed by atoms with Crippen LogP contribution in [0.1, 0.15) is 24.0 Å². The maximum absolute atomic E-state index is 14.0. The summed E-state index contributed by atoms with van der Waals surface area (Å²) in [6, 6.07) is 8.09. The normalized spacial score (nSPS) is 14.7. The molecule has 0 bridgehead atoms. The van der Waals surface area contributed by atoms with Crippen LogP contribution in [-0.4, -0.2) is 70.8 Å². The van der Waals surface area contributed by atoms with Crippen LogP contribution in [0.3, 0.4) is 0 Å². The van der Waals surface area contributed by atoms with Crippen molar-refractivity contribution < 1.29 is 33.0 Å². The van der Waals surface area contributed by atoms with Crippen LogP contribution in [0.2, 0.25) is 0 Å². The summed E-state index contributed by atoms with van der Waals surface area (Å²) in [6.45, 7) is 0.818. The molecule has 0 aliphatic carbocycles. The minimum atomic E-state index is -1.45. The zero-order valence-corrected chi connectivity index (χ0v) is 18.9. The molecule has 11 heteroatoms. The predicted octanol–water partition coefficient (Wildman–Crippen LogP) is 1.77. The molecule has 2 aromatic carbocycles. The predicted molar refractivity (Wildman–Crippen MR) is 122 cm³/mol. The van der Waals surface area contributed by atoms with E-state index in [-0.39, 0.29) is 30.9 Å². The van der Waals surface area contributed by atoms with Crippen LogP contribution < -0.4 is 10.5 Å². The van der Waals surface area contributed by atoms with Gasteiger partial charge in [-0.05, 0) is 48.7 Å². The summed E-state index contributed by atoms with van der Waals surface area (Å²) in [7, 11) is 0. The summed E-state index contributed by atoms with van der Waals surface area (Å²) in [5.41, 5.74) is 5.94. The van der Waals surface area contributed by atoms with Gasteiger partial charge >= 0.3 is 17.8 Å². The van der Waals surface area contributed by atoms with E-state index in [9.17, 15) is 28.3 Å². The lowest BCUT2D eigenvalue weighted by molar-refractivity contribution is -0.162. The summed E-state index contributed by atoms with van der Waals surface area (Å²) in [5.74, 6) is -4.28. The van der Waals surface area contributed by atoms with Crippen molar-refractivity contribution in [2.75, 3.05) is 26.2 Å². The number of carboxylic acid groups (broad SMARTS) is 1. The third-order valence-electron chi connectivity index (χ3n) is 5.69. The topological polar surface area (TPSA) is 137 Å². The first kappa shape index (κ1) is 25.6. The number of ether oxygens (including phenoxy) is 1. The van der Waals surface area contributed by atoms with Crippen LogP contribution in [0.25, 0.3) is 0 Å². The summed E-state index contributed by atoms with van der Waals surface area (Å²) in [4.78, 5) is 39.3. The number of amidine groups is 1. The average Bonchev–Trinajstić information content (AvgIpc) is 2.81. The van der Waals surface area contributed by atoms with Crippen LogP contribution in [0, 0.1) is 17.0 Å². The van der Waals surface area contributed by atoms with E-state index in [1.807, 2.05) is 0 Å². The number of carbonyl (C=O) groups excluding carboxylic acids is 2. The minimum absolute atomic E-state index is 0.0106. The highest BCUT2D eigenvalue weighted by Gasteiger charge is 2.39. The van der Waals surface area contributed by atoms with Crippen molar-refractivity contribution in [1.29, 1.82) is 5.41 Å². The lowest BCUT2D eigenvalue weighted by Gasteiger charge is -2.37. The number of nitrogens with two attached hydrogens (primary N) is 1. The Morgan fingerprint density at radius 3 is 2.43 bits per heavy atom. The van der Waals surface area contributed by atoms with E-state index in [0.717, 1.165) is 17.0 Å². The highest BCUT2D eigenvalue weighted by Crippen LogP contribution is 2.18. The molecule has 1 aliphatic heterocycles. The summed E-state index contributed by atoms with van der Waals surface area (Å²) in [5, 5.41) is 17.0. The number of amides is 2. The van der Waals surface area contributed by atoms with Crippen molar-refractivity contribution in [1.82, 2.24) is 9.80 Å². The second-order valence-corrected chi connectivity index (χ2v) is 8.08. The van der Waals surface area contributed by atoms with Gasteiger partial charge in [-0.15, -0.1) is 0 Å². The van der Waals surface area contributed by atoms with E-state index in [1.54, 1.807) is 24.3 Å². The average molecular weight is 488 g/mol. The highest BCUT2D eigenvalue weighted by atomic mass is 19.1. The Labute approximate surface area is 200 Å². The molecule has 1 saturated heterocycles. The molecule has 1 atom stereocenters. The zero-order valence-electron chi connectivity index (χ0n) is 18.9. The second kappa shape index (κ2) is 11.4. The van der Waals surface area contributed by atoms with Crippen LogP contribution >= 0.6 is 0 Å². The maximum Gasteiger partial charge on any atom is 0.326 e. The fourth-order valence-electron chi connectivity index (χ4n) is 3.75. The zero-order chi connectivity index (χ0) is 25.5. The van der Waals surface area contributed by atoms with Crippen LogP contribution in [-0.2, 0) is 20.8 Å². The van der Waals surface area contributed by atoms with Gasteiger partial charge in [0.25, 0.3) is 0 Å². The van der Waals surface area contributed by atoms with Crippen molar-refractivity contribution in [2.45, 2.75) is 25.3 Å². The van der Waals surface area contributed by atoms with Crippen molar-refractivity contribution in [3.05, 3.63) is 65.2 Å². The van der Waals surface area contributed by atoms with Gasteiger partial charge in [-0.3, -0.25) is 15.0 Å². The van der Waals surface area contributed by atoms with Gasteiger partial charge in [-0.25, -0.2) is 13.6 Å². The van der Waals surface area contributed by atoms with Crippen LogP contribution in [0.15, 0.2) is 42.5 Å². The molecule has 1 unspecified atom stereocenters. The number of benzene rings is 2. The molecule has 0 spiro atoms. The molecular weight excluding hydrogens is 462 g/mol. The van der Waals surface area contributed by atoms with E-state index in [2.05, 4.69) is 0 Å². The fraction of sp³-hybridized carbons (Fsp3) is 0.333. The van der Waals surface area contributed by atoms with E-state index in [0.29, 0.717) is 43.4 Å². The molecule has 0 saturated carbocycles. The molecule has 2 amide bonds. The molecule has 1 fully saturated rings. The van der Waals surface area contributed by atoms with E-state index in [4.69, 9.17) is 15.9 Å². The second-order valence-electron chi connectivity index (χ2n) is 8.08. The number of carbonyl (C=O) groups is 3. The number of rotatable bonds is 11. The van der Waals surface area contributed by atoms with E-state index >= 15 is 0 Å². The fourth-order valence-corrected chi connectivity index (χ4v) is 3.75. The molecule has 0 aromatic heterocycles. The van der Waals surface area contributed by atoms with Gasteiger partial charge in [0.1, 0.15) is 29.3 Å². The van der Waals surface area contributed by atoms with Crippen molar-refractivity contribution in [2.24, 2.45) is 5.73 Å². The van der Waals surface area contributed by atoms with Gasteiger partial charge in [0.15, 0.2) is 0 Å². The lowest BCUT2D eigenvalue weighted by Crippen LogP contribution is -2.59. The Balaban J connectivity index is 1.49. The number of hydrogen-bond acceptors (Lipinski definition) is 5. The lowest BCUT2D eigenvalue weighted by atomic mass is 10.0. The number of halogens is 2. The SMILES string of the molecule is N=C(N)c1ccc(OCCCCN2CCN(C(Cc3ccc(F)cc3F)C(=O)O)C(=O)C2=O)cc1. The third-order valence-corrected chi connectivity index (χ3v) is 5.69. The summed E-state index contributed by atoms with van der Waals surface area (Å²) >= 11 is 0. The van der Waals surface area contributed by atoms with Gasteiger partial charge in [-0.1, -0.05) is 6.07 Å². The van der Waals surface area contributed by atoms with Gasteiger partial charge in [0, 0.05) is 37.7 Å². The molecular formula is C24H26F2N4O5. The first-order valence-electron chi connectivity index (χ1n) is 11.0. The summed E-state index contributed by atoms with van der Waals surface area (Å²) in [6.07, 6.45) is 0.788. The van der Waals surface area contributed by atoms with Gasteiger partial charge in [0.2, 0.25) is 0 Å². The van der Waals surface area contributed by atoms with E-state index < -0.39 is 35.5 Å². The molecule has 0 radical (unpaired) electrons. The molecule has 35 heavy (non-hydrogen) atoms. The smallest absolute Gasteiger partial charge is 0.326 e. The van der Waals surface area contributed by atoms with Crippen LogP contribution in [0.4, 0.5) is 8.78 Å². The quantitative estimate of drug-likeness (QED) is 0.191. The number of nitrogens with zero attached hydrogens (tertiary/aromatic N) is 2. The molecule has 1 aliphatic rings. The number of unbranched alkanes of at least 4 members (excludes halogenated alkanes) is 1. The number of hydrogen-bond donors (Lipinski definition) is 3. The Bertz CT molecular complexity index is 1110. The standard InChI is InChI=1S/C24H26F2N4O5/c25-17-6-3-16(19(26)14-17)13-20(24(33)34)30-11-10-29(22(31)23(30)32)9-1-2-12-35-18-7-4-15(5-8-18)21(27)28/h3-8,14,20H,1-2,9-13H2,(H3,27,28)(H,33,34). The van der Waals surface area contributed by atoms with Crippen molar-refractivity contribution >= 4 is 23.6 Å². The summed E-state index contributed by atoms with van der Waals surface area (Å²) < 4.78 is 32.8. The number of piperazine rings is 1. The molecule has 3 rings (SSSR count). The Kier molecular flexibility index (Phi) is 8.34. The molecule has 2 aromatic rings. The maximum atomic E-state index is 14.0. The Hall–Kier alpha value is -4.02. The first-order valence-corrected chi connectivity index (χ1v) is 11.0. The Morgan fingerprint density at radius 1 is 1.09 bits per heavy atom. The van der Waals surface area contributed by atoms with Gasteiger partial charge < -0.3 is 25.4 Å². The van der Waals surface area contributed by atoms with Crippen molar-refractivity contribution in [3.8, 4) is 5.75 Å². The minimum Gasteiger partial charge on any atom is -0.494 e. The van der Waals surface area contributed by atoms with Crippen molar-refractivity contribution in [3.63, 3.8) is 0 Å². The molecule has 1 heterocycles. The third kappa shape index (κ3) is 6.52. The Morgan fingerprint density at radius 2 is 1.80 bits per heavy atom. The van der Waals surface area contributed by atoms with Gasteiger partial charge in [-0.2, -0.15) is 0 Å². The largest absolute Gasteiger partial charge is 0.494 e. The molecule has 186 valence electrons. The monoisotopic (exact) mass is 488 g/mol.